The van der Waals surface area contributed by atoms with E-state index in [2.05, 4.69) is 10.2 Å². The maximum absolute atomic E-state index is 12.9. The summed E-state index contributed by atoms with van der Waals surface area (Å²) in [5.74, 6) is 2.05. The molecule has 1 aromatic carbocycles. The molecule has 1 saturated heterocycles. The van der Waals surface area contributed by atoms with Crippen LogP contribution in [-0.2, 0) is 18.3 Å². The van der Waals surface area contributed by atoms with E-state index in [0.29, 0.717) is 24.6 Å². The third-order valence-electron chi connectivity index (χ3n) is 4.89. The summed E-state index contributed by atoms with van der Waals surface area (Å²) in [6.07, 6.45) is 3.31. The van der Waals surface area contributed by atoms with Gasteiger partial charge in [-0.15, -0.1) is 10.2 Å². The molecule has 2 atom stereocenters. The fraction of sp³-hybridized carbons (Fsp3) is 0.471. The number of carbonyl (C=O) groups is 1. The zero-order chi connectivity index (χ0) is 16.7. The maximum atomic E-state index is 12.9. The Morgan fingerprint density at radius 1 is 1.42 bits per heavy atom. The molecule has 1 amide bonds. The monoisotopic (exact) mass is 346 g/mol. The first-order valence-electron chi connectivity index (χ1n) is 8.15. The third-order valence-corrected chi connectivity index (χ3v) is 5.12. The van der Waals surface area contributed by atoms with E-state index in [9.17, 15) is 4.79 Å². The molecule has 2 aliphatic rings. The number of halogens is 1. The lowest BCUT2D eigenvalue weighted by atomic mass is 9.95. The molecule has 6 nitrogen and oxygen atoms in total. The minimum Gasteiger partial charge on any atom is -0.492 e. The summed E-state index contributed by atoms with van der Waals surface area (Å²) in [5, 5.41) is 8.79. The topological polar surface area (TPSA) is 60.2 Å². The number of rotatable bonds is 2. The van der Waals surface area contributed by atoms with Crippen LogP contribution in [0.4, 0.5) is 0 Å². The number of aromatic nitrogens is 3. The van der Waals surface area contributed by atoms with Gasteiger partial charge < -0.3 is 14.2 Å². The second-order valence-corrected chi connectivity index (χ2v) is 6.97. The molecule has 0 N–H and O–H groups in total. The average Bonchev–Trinajstić information content (AvgIpc) is 3.22. The normalized spacial score (nSPS) is 23.0. The molecule has 4 rings (SSSR count). The molecule has 2 unspecified atom stereocenters. The molecule has 0 saturated carbocycles. The van der Waals surface area contributed by atoms with Crippen LogP contribution in [0.1, 0.15) is 23.7 Å². The van der Waals surface area contributed by atoms with E-state index in [0.717, 1.165) is 30.1 Å². The van der Waals surface area contributed by atoms with Crippen LogP contribution >= 0.6 is 11.6 Å². The van der Waals surface area contributed by atoms with Crippen LogP contribution < -0.4 is 4.74 Å². The molecule has 3 heterocycles. The van der Waals surface area contributed by atoms with Crippen molar-refractivity contribution in [3.8, 4) is 5.75 Å². The number of hydrogen-bond donors (Lipinski definition) is 0. The SMILES string of the molecule is Cn1cnnc1C1CCN(C(=O)C2COc3ccc(Cl)cc3C2)C1. The highest BCUT2D eigenvalue weighted by Gasteiger charge is 2.35. The first-order valence-corrected chi connectivity index (χ1v) is 8.53. The van der Waals surface area contributed by atoms with Gasteiger partial charge in [0, 0.05) is 31.1 Å². The van der Waals surface area contributed by atoms with Crippen LogP contribution in [0.2, 0.25) is 5.02 Å². The Bertz CT molecular complexity index is 776. The third kappa shape index (κ3) is 2.75. The van der Waals surface area contributed by atoms with Crippen LogP contribution in [-0.4, -0.2) is 45.3 Å². The first-order chi connectivity index (χ1) is 11.6. The van der Waals surface area contributed by atoms with Gasteiger partial charge in [-0.05, 0) is 36.6 Å². The summed E-state index contributed by atoms with van der Waals surface area (Å²) < 4.78 is 7.69. The highest BCUT2D eigenvalue weighted by atomic mass is 35.5. The van der Waals surface area contributed by atoms with Crippen molar-refractivity contribution in [2.24, 2.45) is 13.0 Å². The molecule has 0 spiro atoms. The van der Waals surface area contributed by atoms with Crippen molar-refractivity contribution in [3.05, 3.63) is 40.9 Å². The summed E-state index contributed by atoms with van der Waals surface area (Å²) >= 11 is 6.06. The Morgan fingerprint density at radius 3 is 3.08 bits per heavy atom. The fourth-order valence-corrected chi connectivity index (χ4v) is 3.81. The highest BCUT2D eigenvalue weighted by Crippen LogP contribution is 2.32. The summed E-state index contributed by atoms with van der Waals surface area (Å²) in [6.45, 7) is 1.89. The Morgan fingerprint density at radius 2 is 2.29 bits per heavy atom. The summed E-state index contributed by atoms with van der Waals surface area (Å²) in [7, 11) is 1.94. The summed E-state index contributed by atoms with van der Waals surface area (Å²) in [4.78, 5) is 14.8. The highest BCUT2D eigenvalue weighted by molar-refractivity contribution is 6.30. The van der Waals surface area contributed by atoms with Crippen molar-refractivity contribution in [2.75, 3.05) is 19.7 Å². The van der Waals surface area contributed by atoms with Gasteiger partial charge in [-0.3, -0.25) is 4.79 Å². The number of hydrogen-bond acceptors (Lipinski definition) is 4. The van der Waals surface area contributed by atoms with Crippen LogP contribution in [0.15, 0.2) is 24.5 Å². The molecule has 0 aliphatic carbocycles. The molecular weight excluding hydrogens is 328 g/mol. The quantitative estimate of drug-likeness (QED) is 0.835. The van der Waals surface area contributed by atoms with Gasteiger partial charge in [0.15, 0.2) is 0 Å². The molecule has 126 valence electrons. The van der Waals surface area contributed by atoms with Crippen LogP contribution in [0, 0.1) is 5.92 Å². The summed E-state index contributed by atoms with van der Waals surface area (Å²) in [5.41, 5.74) is 1.01. The minimum absolute atomic E-state index is 0.144. The van der Waals surface area contributed by atoms with Gasteiger partial charge in [-0.2, -0.15) is 0 Å². The molecule has 1 fully saturated rings. The maximum Gasteiger partial charge on any atom is 0.229 e. The molecule has 24 heavy (non-hydrogen) atoms. The zero-order valence-electron chi connectivity index (χ0n) is 13.5. The van der Waals surface area contributed by atoms with Crippen molar-refractivity contribution < 1.29 is 9.53 Å². The van der Waals surface area contributed by atoms with Gasteiger partial charge in [-0.25, -0.2) is 0 Å². The molecule has 1 aromatic heterocycles. The van der Waals surface area contributed by atoms with Gasteiger partial charge in [0.05, 0.1) is 5.92 Å². The number of benzene rings is 1. The molecule has 2 aliphatic heterocycles. The zero-order valence-corrected chi connectivity index (χ0v) is 14.2. The molecule has 2 aromatic rings. The predicted octanol–water partition coefficient (Wildman–Crippen LogP) is 2.04. The van der Waals surface area contributed by atoms with Gasteiger partial charge >= 0.3 is 0 Å². The number of ether oxygens (including phenoxy) is 1. The largest absolute Gasteiger partial charge is 0.492 e. The molecular formula is C17H19ClN4O2. The smallest absolute Gasteiger partial charge is 0.229 e. The standard InChI is InChI=1S/C17H19ClN4O2/c1-21-10-19-20-16(21)11-4-5-22(8-11)17(23)13-6-12-7-14(18)2-3-15(12)24-9-13/h2-3,7,10-11,13H,4-6,8-9H2,1H3. The first kappa shape index (κ1) is 15.4. The van der Waals surface area contributed by atoms with Crippen LogP contribution in [0.25, 0.3) is 0 Å². The number of nitrogens with zero attached hydrogens (tertiary/aromatic N) is 4. The predicted molar refractivity (Wildman–Crippen MR) is 89.1 cm³/mol. The van der Waals surface area contributed by atoms with E-state index in [-0.39, 0.29) is 17.7 Å². The van der Waals surface area contributed by atoms with Crippen molar-refractivity contribution in [1.29, 1.82) is 0 Å². The Hall–Kier alpha value is -2.08. The van der Waals surface area contributed by atoms with Crippen molar-refractivity contribution in [1.82, 2.24) is 19.7 Å². The molecule has 7 heteroatoms. The minimum atomic E-state index is -0.144. The average molecular weight is 347 g/mol. The lowest BCUT2D eigenvalue weighted by Crippen LogP contribution is -2.39. The van der Waals surface area contributed by atoms with Crippen molar-refractivity contribution in [3.63, 3.8) is 0 Å². The Kier molecular flexibility index (Phi) is 3.92. The number of likely N-dealkylation sites (tertiary alicyclic amines) is 1. The van der Waals surface area contributed by atoms with Crippen molar-refractivity contribution >= 4 is 17.5 Å². The van der Waals surface area contributed by atoms with E-state index in [4.69, 9.17) is 16.3 Å². The lowest BCUT2D eigenvalue weighted by Gasteiger charge is -2.28. The summed E-state index contributed by atoms with van der Waals surface area (Å²) in [6, 6.07) is 5.58. The molecule has 0 bridgehead atoms. The lowest BCUT2D eigenvalue weighted by molar-refractivity contribution is -0.135. The van der Waals surface area contributed by atoms with Gasteiger partial charge in [-0.1, -0.05) is 11.6 Å². The second-order valence-electron chi connectivity index (χ2n) is 6.53. The number of fused-ring (bicyclic) bond motifs is 1. The second kappa shape index (κ2) is 6.09. The number of aryl methyl sites for hydroxylation is 1. The van der Waals surface area contributed by atoms with E-state index in [1.54, 1.807) is 6.33 Å². The van der Waals surface area contributed by atoms with Gasteiger partial charge in [0.1, 0.15) is 24.5 Å². The van der Waals surface area contributed by atoms with E-state index in [1.807, 2.05) is 34.7 Å². The van der Waals surface area contributed by atoms with E-state index in [1.165, 1.54) is 0 Å². The Balaban J connectivity index is 1.45. The van der Waals surface area contributed by atoms with Crippen LogP contribution in [0.3, 0.4) is 0 Å². The molecule has 0 radical (unpaired) electrons. The van der Waals surface area contributed by atoms with Crippen molar-refractivity contribution in [2.45, 2.75) is 18.8 Å². The number of amides is 1. The number of carbonyl (C=O) groups excluding carboxylic acids is 1. The van der Waals surface area contributed by atoms with E-state index < -0.39 is 0 Å². The van der Waals surface area contributed by atoms with Gasteiger partial charge in [0.25, 0.3) is 0 Å². The van der Waals surface area contributed by atoms with Gasteiger partial charge in [0.2, 0.25) is 5.91 Å². The fourth-order valence-electron chi connectivity index (χ4n) is 3.61. The van der Waals surface area contributed by atoms with Crippen LogP contribution in [0.5, 0.6) is 5.75 Å². The van der Waals surface area contributed by atoms with E-state index >= 15 is 0 Å². The Labute approximate surface area is 145 Å².